The first-order valence-electron chi connectivity index (χ1n) is 10.1. The van der Waals surface area contributed by atoms with Crippen molar-refractivity contribution in [1.29, 1.82) is 0 Å². The highest BCUT2D eigenvalue weighted by atomic mass is 16.5. The van der Waals surface area contributed by atoms with Crippen LogP contribution in [0.25, 0.3) is 0 Å². The van der Waals surface area contributed by atoms with Gasteiger partial charge in [-0.05, 0) is 42.3 Å². The summed E-state index contributed by atoms with van der Waals surface area (Å²) >= 11 is 0. The molecule has 0 saturated carbocycles. The summed E-state index contributed by atoms with van der Waals surface area (Å²) in [5.74, 6) is 1.89. The van der Waals surface area contributed by atoms with Gasteiger partial charge in [0.2, 0.25) is 5.75 Å². The van der Waals surface area contributed by atoms with Crippen LogP contribution in [0.3, 0.4) is 0 Å². The molecule has 2 aromatic carbocycles. The molecular formula is C24H26N2O5. The van der Waals surface area contributed by atoms with Crippen LogP contribution in [0.2, 0.25) is 0 Å². The van der Waals surface area contributed by atoms with E-state index in [0.717, 1.165) is 18.7 Å². The lowest BCUT2D eigenvalue weighted by Gasteiger charge is -2.29. The quantitative estimate of drug-likeness (QED) is 0.595. The van der Waals surface area contributed by atoms with E-state index in [0.29, 0.717) is 29.4 Å². The van der Waals surface area contributed by atoms with Gasteiger partial charge in [0.25, 0.3) is 5.91 Å². The number of para-hydroxylation sites is 1. The number of hydrogen-bond donors (Lipinski definition) is 1. The third-order valence-electron chi connectivity index (χ3n) is 5.55. The molecule has 0 unspecified atom stereocenters. The number of rotatable bonds is 8. The second-order valence-electron chi connectivity index (χ2n) is 7.23. The van der Waals surface area contributed by atoms with E-state index in [1.54, 1.807) is 18.4 Å². The first kappa shape index (κ1) is 20.7. The van der Waals surface area contributed by atoms with Crippen molar-refractivity contribution in [3.63, 3.8) is 0 Å². The van der Waals surface area contributed by atoms with Crippen LogP contribution in [0.5, 0.6) is 17.2 Å². The topological polar surface area (TPSA) is 73.2 Å². The van der Waals surface area contributed by atoms with Crippen molar-refractivity contribution in [1.82, 2.24) is 5.32 Å². The van der Waals surface area contributed by atoms with Crippen molar-refractivity contribution in [2.24, 2.45) is 0 Å². The molecule has 4 rings (SSSR count). The molecule has 0 aliphatic carbocycles. The average molecular weight is 422 g/mol. The van der Waals surface area contributed by atoms with E-state index in [2.05, 4.69) is 28.4 Å². The molecule has 2 heterocycles. The van der Waals surface area contributed by atoms with Gasteiger partial charge in [-0.15, -0.1) is 0 Å². The molecule has 7 nitrogen and oxygen atoms in total. The smallest absolute Gasteiger partial charge is 0.251 e. The zero-order valence-corrected chi connectivity index (χ0v) is 17.9. The highest BCUT2D eigenvalue weighted by Crippen LogP contribution is 2.38. The van der Waals surface area contributed by atoms with Gasteiger partial charge < -0.3 is 28.8 Å². The van der Waals surface area contributed by atoms with Crippen LogP contribution in [0.4, 0.5) is 5.69 Å². The highest BCUT2D eigenvalue weighted by molar-refractivity contribution is 5.95. The molecule has 0 saturated heterocycles. The largest absolute Gasteiger partial charge is 0.493 e. The van der Waals surface area contributed by atoms with E-state index in [4.69, 9.17) is 18.6 Å². The average Bonchev–Trinajstić information content (AvgIpc) is 3.49. The van der Waals surface area contributed by atoms with E-state index >= 15 is 0 Å². The molecule has 0 bridgehead atoms. The Morgan fingerprint density at radius 2 is 1.81 bits per heavy atom. The van der Waals surface area contributed by atoms with Crippen LogP contribution in [-0.4, -0.2) is 40.3 Å². The number of carbonyl (C=O) groups is 1. The minimum atomic E-state index is -0.233. The first-order valence-corrected chi connectivity index (χ1v) is 10.1. The van der Waals surface area contributed by atoms with Gasteiger partial charge in [0.1, 0.15) is 11.8 Å². The lowest BCUT2D eigenvalue weighted by Crippen LogP contribution is -2.37. The zero-order valence-electron chi connectivity index (χ0n) is 17.9. The van der Waals surface area contributed by atoms with Crippen molar-refractivity contribution in [3.05, 3.63) is 71.7 Å². The van der Waals surface area contributed by atoms with Crippen LogP contribution in [0.15, 0.2) is 59.2 Å². The van der Waals surface area contributed by atoms with Crippen LogP contribution in [0.1, 0.15) is 27.7 Å². The molecule has 3 aromatic rings. The molecule has 7 heteroatoms. The molecule has 1 N–H and O–H groups in total. The number of ether oxygens (including phenoxy) is 3. The highest BCUT2D eigenvalue weighted by Gasteiger charge is 2.29. The van der Waals surface area contributed by atoms with Gasteiger partial charge in [0.05, 0.1) is 27.6 Å². The third-order valence-corrected chi connectivity index (χ3v) is 5.55. The number of benzene rings is 2. The Bertz CT molecular complexity index is 1020. The summed E-state index contributed by atoms with van der Waals surface area (Å²) in [6, 6.07) is 15.3. The number of furan rings is 1. The number of anilines is 1. The number of amides is 1. The van der Waals surface area contributed by atoms with E-state index in [-0.39, 0.29) is 11.9 Å². The molecule has 0 fully saturated rings. The molecule has 1 aromatic heterocycles. The predicted octanol–water partition coefficient (Wildman–Crippen LogP) is 3.84. The molecule has 162 valence electrons. The Morgan fingerprint density at radius 1 is 1.06 bits per heavy atom. The lowest BCUT2D eigenvalue weighted by atomic mass is 10.1. The summed E-state index contributed by atoms with van der Waals surface area (Å²) in [6.07, 6.45) is 2.62. The number of nitrogens with zero attached hydrogens (tertiary/aromatic N) is 1. The molecule has 0 radical (unpaired) electrons. The molecule has 1 atom stereocenters. The Balaban J connectivity index is 1.57. The fourth-order valence-corrected chi connectivity index (χ4v) is 4.04. The number of nitrogens with one attached hydrogen (secondary N) is 1. The lowest BCUT2D eigenvalue weighted by molar-refractivity contribution is 0.0949. The van der Waals surface area contributed by atoms with Gasteiger partial charge in [-0.1, -0.05) is 18.2 Å². The predicted molar refractivity (Wildman–Crippen MR) is 117 cm³/mol. The molecule has 1 aliphatic rings. The minimum absolute atomic E-state index is 0.121. The number of methoxy groups -OCH3 is 3. The summed E-state index contributed by atoms with van der Waals surface area (Å²) in [5.41, 5.74) is 2.90. The Morgan fingerprint density at radius 3 is 2.45 bits per heavy atom. The molecule has 1 amide bonds. The Labute approximate surface area is 181 Å². The summed E-state index contributed by atoms with van der Waals surface area (Å²) in [7, 11) is 4.58. The van der Waals surface area contributed by atoms with Gasteiger partial charge in [-0.25, -0.2) is 0 Å². The van der Waals surface area contributed by atoms with E-state index in [1.807, 2.05) is 18.2 Å². The van der Waals surface area contributed by atoms with Crippen LogP contribution < -0.4 is 24.4 Å². The molecule has 0 spiro atoms. The number of carbonyl (C=O) groups excluding carboxylic acids is 1. The fourth-order valence-electron chi connectivity index (χ4n) is 4.04. The van der Waals surface area contributed by atoms with E-state index in [1.165, 1.54) is 32.6 Å². The van der Waals surface area contributed by atoms with Gasteiger partial charge in [0.15, 0.2) is 11.5 Å². The maximum atomic E-state index is 13.0. The Hall–Kier alpha value is -3.61. The van der Waals surface area contributed by atoms with Gasteiger partial charge >= 0.3 is 0 Å². The number of fused-ring (bicyclic) bond motifs is 1. The first-order chi connectivity index (χ1) is 15.2. The second kappa shape index (κ2) is 9.04. The molecular weight excluding hydrogens is 396 g/mol. The van der Waals surface area contributed by atoms with E-state index in [9.17, 15) is 4.79 Å². The van der Waals surface area contributed by atoms with Crippen molar-refractivity contribution in [3.8, 4) is 17.2 Å². The summed E-state index contributed by atoms with van der Waals surface area (Å²) in [4.78, 5) is 15.3. The van der Waals surface area contributed by atoms with Gasteiger partial charge in [-0.2, -0.15) is 0 Å². The third kappa shape index (κ3) is 4.03. The Kier molecular flexibility index (Phi) is 6.02. The second-order valence-corrected chi connectivity index (χ2v) is 7.23. The van der Waals surface area contributed by atoms with Crippen LogP contribution in [-0.2, 0) is 6.42 Å². The summed E-state index contributed by atoms with van der Waals surface area (Å²) in [6.45, 7) is 1.25. The maximum absolute atomic E-state index is 13.0. The van der Waals surface area contributed by atoms with Crippen molar-refractivity contribution in [2.75, 3.05) is 39.3 Å². The summed E-state index contributed by atoms with van der Waals surface area (Å²) in [5, 5.41) is 3.04. The minimum Gasteiger partial charge on any atom is -0.493 e. The number of hydrogen-bond acceptors (Lipinski definition) is 6. The van der Waals surface area contributed by atoms with Crippen molar-refractivity contribution < 1.29 is 23.4 Å². The normalized spacial score (nSPS) is 13.5. The standard InChI is InChI=1S/C24H26N2O5/c1-28-21-13-17(14-22(29-2)23(21)30-3)24(27)25-15-19(20-9-6-12-31-20)26-11-10-16-7-4-5-8-18(16)26/h4-9,12-14,19H,10-11,15H2,1-3H3,(H,25,27)/t19-/m0/s1. The van der Waals surface area contributed by atoms with Gasteiger partial charge in [0, 0.05) is 24.3 Å². The van der Waals surface area contributed by atoms with Gasteiger partial charge in [-0.3, -0.25) is 4.79 Å². The SMILES string of the molecule is COc1cc(C(=O)NC[C@@H](c2ccco2)N2CCc3ccccc32)cc(OC)c1OC. The summed E-state index contributed by atoms with van der Waals surface area (Å²) < 4.78 is 21.8. The zero-order chi connectivity index (χ0) is 21.8. The van der Waals surface area contributed by atoms with Crippen LogP contribution >= 0.6 is 0 Å². The van der Waals surface area contributed by atoms with Crippen molar-refractivity contribution >= 4 is 11.6 Å². The monoisotopic (exact) mass is 422 g/mol. The van der Waals surface area contributed by atoms with Crippen molar-refractivity contribution in [2.45, 2.75) is 12.5 Å². The molecule has 31 heavy (non-hydrogen) atoms. The van der Waals surface area contributed by atoms with Crippen LogP contribution in [0, 0.1) is 0 Å². The van der Waals surface area contributed by atoms with E-state index < -0.39 is 0 Å². The molecule has 1 aliphatic heterocycles. The fraction of sp³-hybridized carbons (Fsp3) is 0.292. The maximum Gasteiger partial charge on any atom is 0.251 e.